The third kappa shape index (κ3) is 4.57. The minimum Gasteiger partial charge on any atom is -0.386 e. The van der Waals surface area contributed by atoms with Gasteiger partial charge in [-0.2, -0.15) is 8.42 Å². The number of methoxy groups -OCH3 is 1. The van der Waals surface area contributed by atoms with Crippen molar-refractivity contribution in [3.63, 3.8) is 0 Å². The summed E-state index contributed by atoms with van der Waals surface area (Å²) >= 11 is 0. The van der Waals surface area contributed by atoms with E-state index in [-0.39, 0.29) is 11.7 Å². The van der Waals surface area contributed by atoms with Gasteiger partial charge >= 0.3 is 10.3 Å². The van der Waals surface area contributed by atoms with Crippen LogP contribution in [-0.2, 0) is 25.6 Å². The lowest BCUT2D eigenvalue weighted by atomic mass is 10.1. The maximum atomic E-state index is 11.0. The number of aryl methyl sites for hydroxylation is 1. The van der Waals surface area contributed by atoms with Crippen LogP contribution in [0.3, 0.4) is 0 Å². The minimum absolute atomic E-state index is 0.0678. The molecule has 0 spiro atoms. The van der Waals surface area contributed by atoms with Gasteiger partial charge in [-0.15, -0.1) is 0 Å². The lowest BCUT2D eigenvalue weighted by molar-refractivity contribution is -0.112. The van der Waals surface area contributed by atoms with Gasteiger partial charge < -0.3 is 20.3 Å². The topological polar surface area (TPSA) is 175 Å². The molecule has 13 heteroatoms. The summed E-state index contributed by atoms with van der Waals surface area (Å²) in [4.78, 5) is 12.8. The lowest BCUT2D eigenvalue weighted by Gasteiger charge is -2.26. The highest BCUT2D eigenvalue weighted by atomic mass is 32.2. The highest BCUT2D eigenvalue weighted by Gasteiger charge is 2.31. The van der Waals surface area contributed by atoms with Crippen molar-refractivity contribution in [3.8, 4) is 0 Å². The van der Waals surface area contributed by atoms with Crippen LogP contribution in [0.2, 0.25) is 0 Å². The number of imidazole rings is 1. The number of aliphatic hydroxyl groups excluding tert-OH is 2. The molecule has 0 amide bonds. The number of hydrogen-bond acceptors (Lipinski definition) is 10. The first-order valence-corrected chi connectivity index (χ1v) is 11.3. The quantitative estimate of drug-likeness (QED) is 0.338. The van der Waals surface area contributed by atoms with E-state index in [2.05, 4.69) is 36.6 Å². The second kappa shape index (κ2) is 9.05. The second-order valence-corrected chi connectivity index (χ2v) is 8.66. The van der Waals surface area contributed by atoms with Gasteiger partial charge in [-0.1, -0.05) is 24.3 Å². The van der Waals surface area contributed by atoms with Crippen molar-refractivity contribution in [2.24, 2.45) is 5.14 Å². The van der Waals surface area contributed by atoms with Crippen molar-refractivity contribution in [1.82, 2.24) is 19.5 Å². The molecular formula is C19H24N6O6S. The number of fused-ring (bicyclic) bond motifs is 2. The Balaban J connectivity index is 1.56. The highest BCUT2D eigenvalue weighted by molar-refractivity contribution is 7.84. The number of ether oxygens (including phenoxy) is 1. The van der Waals surface area contributed by atoms with Crippen LogP contribution in [0.15, 0.2) is 36.9 Å². The van der Waals surface area contributed by atoms with Crippen molar-refractivity contribution in [2.75, 3.05) is 19.0 Å². The number of nitrogens with one attached hydrogen (secondary N) is 1. The fourth-order valence-corrected chi connectivity index (χ4v) is 4.17. The number of aromatic nitrogens is 4. The van der Waals surface area contributed by atoms with Crippen LogP contribution in [0.1, 0.15) is 29.8 Å². The zero-order valence-electron chi connectivity index (χ0n) is 17.2. The minimum atomic E-state index is -4.24. The Kier molecular flexibility index (Phi) is 6.37. The number of nitrogens with zero attached hydrogens (tertiary/aromatic N) is 4. The van der Waals surface area contributed by atoms with Gasteiger partial charge in [0.1, 0.15) is 18.5 Å². The molecule has 0 radical (unpaired) electrons. The van der Waals surface area contributed by atoms with Gasteiger partial charge in [0.25, 0.3) is 0 Å². The molecule has 3 aromatic rings. The molecule has 5 N–H and O–H groups in total. The molecule has 1 aromatic carbocycles. The summed E-state index contributed by atoms with van der Waals surface area (Å²) in [6, 6.07) is 8.25. The van der Waals surface area contributed by atoms with Crippen LogP contribution in [0.5, 0.6) is 0 Å². The molecule has 1 aliphatic rings. The second-order valence-electron chi connectivity index (χ2n) is 7.44. The molecule has 0 unspecified atom stereocenters. The standard InChI is InChI=1S/C19H24N6O6S/c1-30-14(8-31-32(20,28)29)16(26)19(27)25-10-23-15-17(21-9-22-18(15)25)24-13-7-6-11-4-2-3-5-12(11)13/h2-5,9-10,13-14,16,19,26-27H,6-8H2,1H3,(H2,20,28,29)(H,21,22,24)/t13-,14+,16+,19-/m0/s1. The number of nitrogens with two attached hydrogens (primary N) is 1. The number of benzene rings is 1. The Morgan fingerprint density at radius 2 is 2.06 bits per heavy atom. The molecular weight excluding hydrogens is 440 g/mol. The zero-order valence-corrected chi connectivity index (χ0v) is 18.0. The third-order valence-electron chi connectivity index (χ3n) is 5.47. The average Bonchev–Trinajstić information content (AvgIpc) is 3.38. The SMILES string of the molecule is CO[C@H](COS(N)(=O)=O)[C@@H](O)[C@H](O)n1cnc2c(N[C@H]3CCc4ccccc43)ncnc21. The molecule has 4 atom stereocenters. The molecule has 4 rings (SSSR count). The Hall–Kier alpha value is -2.68. The lowest BCUT2D eigenvalue weighted by Crippen LogP contribution is -2.40. The predicted molar refractivity (Wildman–Crippen MR) is 114 cm³/mol. The van der Waals surface area contributed by atoms with Gasteiger partial charge in [0.05, 0.1) is 19.0 Å². The van der Waals surface area contributed by atoms with Crippen molar-refractivity contribution in [1.29, 1.82) is 0 Å². The van der Waals surface area contributed by atoms with Crippen LogP contribution in [0.25, 0.3) is 11.2 Å². The van der Waals surface area contributed by atoms with E-state index < -0.39 is 35.3 Å². The molecule has 0 saturated carbocycles. The van der Waals surface area contributed by atoms with Crippen molar-refractivity contribution >= 4 is 27.3 Å². The maximum Gasteiger partial charge on any atom is 0.333 e. The van der Waals surface area contributed by atoms with Crippen LogP contribution >= 0.6 is 0 Å². The van der Waals surface area contributed by atoms with Crippen molar-refractivity contribution in [2.45, 2.75) is 37.3 Å². The summed E-state index contributed by atoms with van der Waals surface area (Å²) in [5.41, 5.74) is 3.18. The molecule has 1 aliphatic carbocycles. The summed E-state index contributed by atoms with van der Waals surface area (Å²) in [6.07, 6.45) is 0.216. The van der Waals surface area contributed by atoms with E-state index in [4.69, 9.17) is 9.88 Å². The van der Waals surface area contributed by atoms with Crippen molar-refractivity contribution < 1.29 is 27.6 Å². The van der Waals surface area contributed by atoms with Gasteiger partial charge in [-0.3, -0.25) is 8.75 Å². The normalized spacial score (nSPS) is 18.9. The van der Waals surface area contributed by atoms with E-state index in [9.17, 15) is 18.6 Å². The number of rotatable bonds is 9. The van der Waals surface area contributed by atoms with Gasteiger partial charge in [-0.25, -0.2) is 20.1 Å². The Morgan fingerprint density at radius 1 is 1.28 bits per heavy atom. The number of anilines is 1. The molecule has 0 fully saturated rings. The van der Waals surface area contributed by atoms with E-state index in [0.717, 1.165) is 12.8 Å². The van der Waals surface area contributed by atoms with E-state index in [0.29, 0.717) is 11.3 Å². The monoisotopic (exact) mass is 464 g/mol. The van der Waals surface area contributed by atoms with E-state index in [1.807, 2.05) is 12.1 Å². The maximum absolute atomic E-state index is 11.0. The Labute approximate surface area is 184 Å². The van der Waals surface area contributed by atoms with Crippen LogP contribution < -0.4 is 10.5 Å². The first kappa shape index (κ1) is 22.5. The zero-order chi connectivity index (χ0) is 22.9. The van der Waals surface area contributed by atoms with Crippen LogP contribution in [0.4, 0.5) is 5.82 Å². The van der Waals surface area contributed by atoms with Gasteiger partial charge in [-0.05, 0) is 24.0 Å². The molecule has 12 nitrogen and oxygen atoms in total. The van der Waals surface area contributed by atoms with E-state index >= 15 is 0 Å². The van der Waals surface area contributed by atoms with Gasteiger partial charge in [0.2, 0.25) is 0 Å². The first-order valence-electron chi connectivity index (χ1n) is 9.86. The molecule has 2 heterocycles. The summed E-state index contributed by atoms with van der Waals surface area (Å²) in [6.45, 7) is -0.580. The number of hydrogen-bond donors (Lipinski definition) is 4. The Morgan fingerprint density at radius 3 is 2.81 bits per heavy atom. The fourth-order valence-electron chi connectivity index (χ4n) is 3.85. The van der Waals surface area contributed by atoms with Gasteiger partial charge in [0.15, 0.2) is 23.2 Å². The molecule has 2 aromatic heterocycles. The molecule has 0 saturated heterocycles. The summed E-state index contributed by atoms with van der Waals surface area (Å²) in [5, 5.41) is 29.4. The van der Waals surface area contributed by atoms with Crippen LogP contribution in [-0.4, -0.2) is 64.1 Å². The molecule has 32 heavy (non-hydrogen) atoms. The summed E-state index contributed by atoms with van der Waals surface area (Å²) in [7, 11) is -3.00. The average molecular weight is 465 g/mol. The smallest absolute Gasteiger partial charge is 0.333 e. The highest BCUT2D eigenvalue weighted by Crippen LogP contribution is 2.34. The first-order chi connectivity index (χ1) is 15.3. The largest absolute Gasteiger partial charge is 0.386 e. The van der Waals surface area contributed by atoms with Gasteiger partial charge in [0, 0.05) is 7.11 Å². The fraction of sp³-hybridized carbons (Fsp3) is 0.421. The van der Waals surface area contributed by atoms with Crippen molar-refractivity contribution in [3.05, 3.63) is 48.0 Å². The molecule has 0 bridgehead atoms. The summed E-state index contributed by atoms with van der Waals surface area (Å²) in [5.74, 6) is 0.498. The number of aliphatic hydroxyl groups is 2. The molecule has 0 aliphatic heterocycles. The predicted octanol–water partition coefficient (Wildman–Crippen LogP) is 0.0126. The van der Waals surface area contributed by atoms with E-state index in [1.54, 1.807) is 0 Å². The molecule has 172 valence electrons. The van der Waals surface area contributed by atoms with E-state index in [1.165, 1.54) is 35.5 Å². The summed E-state index contributed by atoms with van der Waals surface area (Å²) < 4.78 is 32.8. The third-order valence-corrected chi connectivity index (χ3v) is 5.94. The van der Waals surface area contributed by atoms with Crippen LogP contribution in [0, 0.1) is 0 Å². The Bertz CT molecular complexity index is 1200.